The molecule has 0 spiro atoms. The zero-order chi connectivity index (χ0) is 11.3. The van der Waals surface area contributed by atoms with Gasteiger partial charge in [-0.25, -0.2) is 0 Å². The maximum atomic E-state index is 9.17. The van der Waals surface area contributed by atoms with E-state index in [4.69, 9.17) is 5.11 Å². The van der Waals surface area contributed by atoms with Gasteiger partial charge in [0.2, 0.25) is 0 Å². The summed E-state index contributed by atoms with van der Waals surface area (Å²) in [5, 5.41) is 18.2. The molecule has 1 aromatic rings. The fourth-order valence-corrected chi connectivity index (χ4v) is 1.70. The zero-order valence-corrected chi connectivity index (χ0v) is 9.33. The topological polar surface area (TPSA) is 40.5 Å². The fraction of sp³-hybridized carbons (Fsp3) is 0.385. The molecule has 1 aromatic carbocycles. The molecule has 0 aromatic heterocycles. The molecule has 82 valence electrons. The van der Waals surface area contributed by atoms with E-state index in [0.29, 0.717) is 0 Å². The average Bonchev–Trinajstić information content (AvgIpc) is 2.30. The van der Waals surface area contributed by atoms with Crippen LogP contribution >= 0.6 is 0 Å². The standard InChI is InChI=1S/C13H18O2/c1-3-10(4-2)11-5-6-12(8-14)13(7-11)9-15/h3,5-7,14-15H,4,8-9H2,1-2H3. The lowest BCUT2D eigenvalue weighted by Crippen LogP contribution is -1.95. The second kappa shape index (κ2) is 5.69. The van der Waals surface area contributed by atoms with Crippen LogP contribution in [0.25, 0.3) is 5.57 Å². The summed E-state index contributed by atoms with van der Waals surface area (Å²) in [4.78, 5) is 0. The Morgan fingerprint density at radius 1 is 1.20 bits per heavy atom. The van der Waals surface area contributed by atoms with Gasteiger partial charge >= 0.3 is 0 Å². The number of rotatable bonds is 4. The second-order valence-corrected chi connectivity index (χ2v) is 3.47. The SMILES string of the molecule is CC=C(CC)c1ccc(CO)c(CO)c1. The van der Waals surface area contributed by atoms with Gasteiger partial charge < -0.3 is 10.2 Å². The molecule has 0 aliphatic rings. The maximum Gasteiger partial charge on any atom is 0.0685 e. The number of aliphatic hydroxyl groups excluding tert-OH is 2. The molecule has 0 saturated carbocycles. The Morgan fingerprint density at radius 3 is 2.33 bits per heavy atom. The quantitative estimate of drug-likeness (QED) is 0.794. The van der Waals surface area contributed by atoms with Crippen LogP contribution in [0, 0.1) is 0 Å². The van der Waals surface area contributed by atoms with Crippen molar-refractivity contribution in [1.29, 1.82) is 0 Å². The van der Waals surface area contributed by atoms with E-state index in [1.807, 2.05) is 25.1 Å². The molecular weight excluding hydrogens is 188 g/mol. The summed E-state index contributed by atoms with van der Waals surface area (Å²) in [6.07, 6.45) is 3.05. The maximum absolute atomic E-state index is 9.17. The van der Waals surface area contributed by atoms with Crippen molar-refractivity contribution in [2.45, 2.75) is 33.5 Å². The summed E-state index contributed by atoms with van der Waals surface area (Å²) in [5.41, 5.74) is 3.99. The summed E-state index contributed by atoms with van der Waals surface area (Å²) in [5.74, 6) is 0. The van der Waals surface area contributed by atoms with Crippen molar-refractivity contribution in [2.75, 3.05) is 0 Å². The van der Waals surface area contributed by atoms with Crippen molar-refractivity contribution < 1.29 is 10.2 Å². The number of aliphatic hydroxyl groups is 2. The van der Waals surface area contributed by atoms with Crippen molar-refractivity contribution in [3.63, 3.8) is 0 Å². The third-order valence-electron chi connectivity index (χ3n) is 2.65. The van der Waals surface area contributed by atoms with Crippen LogP contribution in [0.2, 0.25) is 0 Å². The van der Waals surface area contributed by atoms with Gasteiger partial charge in [0.05, 0.1) is 13.2 Å². The molecule has 0 aliphatic carbocycles. The Kier molecular flexibility index (Phi) is 4.53. The van der Waals surface area contributed by atoms with Crippen LogP contribution in [-0.2, 0) is 13.2 Å². The van der Waals surface area contributed by atoms with Crippen LogP contribution in [0.5, 0.6) is 0 Å². The first-order valence-electron chi connectivity index (χ1n) is 5.25. The number of allylic oxidation sites excluding steroid dienone is 2. The summed E-state index contributed by atoms with van der Waals surface area (Å²) in [6.45, 7) is 4.07. The molecule has 2 heteroatoms. The lowest BCUT2D eigenvalue weighted by Gasteiger charge is -2.09. The predicted octanol–water partition coefficient (Wildman–Crippen LogP) is 2.48. The average molecular weight is 206 g/mol. The van der Waals surface area contributed by atoms with E-state index in [2.05, 4.69) is 13.0 Å². The minimum absolute atomic E-state index is 0.0204. The van der Waals surface area contributed by atoms with Gasteiger partial charge in [0, 0.05) is 0 Å². The first-order valence-corrected chi connectivity index (χ1v) is 5.25. The van der Waals surface area contributed by atoms with Crippen LogP contribution in [0.4, 0.5) is 0 Å². The Labute approximate surface area is 90.9 Å². The number of benzene rings is 1. The first-order chi connectivity index (χ1) is 7.26. The Hall–Kier alpha value is -1.12. The molecule has 0 heterocycles. The largest absolute Gasteiger partial charge is 0.392 e. The van der Waals surface area contributed by atoms with E-state index in [-0.39, 0.29) is 13.2 Å². The lowest BCUT2D eigenvalue weighted by molar-refractivity contribution is 0.260. The molecule has 0 atom stereocenters. The summed E-state index contributed by atoms with van der Waals surface area (Å²) >= 11 is 0. The molecule has 15 heavy (non-hydrogen) atoms. The van der Waals surface area contributed by atoms with Crippen LogP contribution in [-0.4, -0.2) is 10.2 Å². The molecular formula is C13H18O2. The zero-order valence-electron chi connectivity index (χ0n) is 9.33. The molecule has 2 N–H and O–H groups in total. The number of hydrogen-bond acceptors (Lipinski definition) is 2. The normalized spacial score (nSPS) is 11.9. The molecule has 0 amide bonds. The minimum atomic E-state index is -0.0234. The highest BCUT2D eigenvalue weighted by Crippen LogP contribution is 2.21. The minimum Gasteiger partial charge on any atom is -0.392 e. The number of hydrogen-bond donors (Lipinski definition) is 2. The van der Waals surface area contributed by atoms with Crippen LogP contribution in [0.15, 0.2) is 24.3 Å². The Balaban J connectivity index is 3.13. The fourth-order valence-electron chi connectivity index (χ4n) is 1.70. The van der Waals surface area contributed by atoms with E-state index in [1.165, 1.54) is 5.57 Å². The third-order valence-corrected chi connectivity index (χ3v) is 2.65. The van der Waals surface area contributed by atoms with Crippen LogP contribution in [0.3, 0.4) is 0 Å². The highest BCUT2D eigenvalue weighted by Gasteiger charge is 2.04. The van der Waals surface area contributed by atoms with Crippen LogP contribution in [0.1, 0.15) is 37.0 Å². The van der Waals surface area contributed by atoms with Crippen molar-refractivity contribution in [2.24, 2.45) is 0 Å². The highest BCUT2D eigenvalue weighted by molar-refractivity contribution is 5.66. The van der Waals surface area contributed by atoms with Gasteiger partial charge in [-0.1, -0.05) is 25.1 Å². The highest BCUT2D eigenvalue weighted by atomic mass is 16.3. The second-order valence-electron chi connectivity index (χ2n) is 3.47. The van der Waals surface area contributed by atoms with Crippen molar-refractivity contribution >= 4 is 5.57 Å². The Morgan fingerprint density at radius 2 is 1.87 bits per heavy atom. The van der Waals surface area contributed by atoms with Crippen LogP contribution < -0.4 is 0 Å². The van der Waals surface area contributed by atoms with Gasteiger partial charge in [0.15, 0.2) is 0 Å². The van der Waals surface area contributed by atoms with Gasteiger partial charge in [-0.3, -0.25) is 0 Å². The van der Waals surface area contributed by atoms with Crippen molar-refractivity contribution in [3.05, 3.63) is 41.0 Å². The third kappa shape index (κ3) is 2.67. The first kappa shape index (κ1) is 12.0. The molecule has 0 fully saturated rings. The van der Waals surface area contributed by atoms with Gasteiger partial charge in [-0.05, 0) is 41.7 Å². The molecule has 1 rings (SSSR count). The molecule has 2 nitrogen and oxygen atoms in total. The monoisotopic (exact) mass is 206 g/mol. The molecule has 0 saturated heterocycles. The molecule has 0 bridgehead atoms. The molecule has 0 aliphatic heterocycles. The Bertz CT molecular complexity index is 354. The smallest absolute Gasteiger partial charge is 0.0685 e. The predicted molar refractivity (Wildman–Crippen MR) is 62.2 cm³/mol. The summed E-state index contributed by atoms with van der Waals surface area (Å²) < 4.78 is 0. The van der Waals surface area contributed by atoms with E-state index < -0.39 is 0 Å². The van der Waals surface area contributed by atoms with Crippen molar-refractivity contribution in [3.8, 4) is 0 Å². The lowest BCUT2D eigenvalue weighted by atomic mass is 9.98. The van der Waals surface area contributed by atoms with E-state index in [9.17, 15) is 5.11 Å². The van der Waals surface area contributed by atoms with E-state index in [0.717, 1.165) is 23.1 Å². The summed E-state index contributed by atoms with van der Waals surface area (Å²) in [7, 11) is 0. The molecule has 0 radical (unpaired) electrons. The van der Waals surface area contributed by atoms with E-state index >= 15 is 0 Å². The van der Waals surface area contributed by atoms with Gasteiger partial charge in [0.25, 0.3) is 0 Å². The van der Waals surface area contributed by atoms with E-state index in [1.54, 1.807) is 0 Å². The van der Waals surface area contributed by atoms with Gasteiger partial charge in [-0.15, -0.1) is 0 Å². The van der Waals surface area contributed by atoms with Crippen molar-refractivity contribution in [1.82, 2.24) is 0 Å². The van der Waals surface area contributed by atoms with Gasteiger partial charge in [-0.2, -0.15) is 0 Å². The molecule has 0 unspecified atom stereocenters. The van der Waals surface area contributed by atoms with Gasteiger partial charge in [0.1, 0.15) is 0 Å². The summed E-state index contributed by atoms with van der Waals surface area (Å²) in [6, 6.07) is 5.81.